The topological polar surface area (TPSA) is 97.9 Å². The summed E-state index contributed by atoms with van der Waals surface area (Å²) in [6, 6.07) is 8.94. The number of hydrogen-bond acceptors (Lipinski definition) is 5. The van der Waals surface area contributed by atoms with Crippen molar-refractivity contribution in [2.75, 3.05) is 17.7 Å². The van der Waals surface area contributed by atoms with Crippen LogP contribution in [0, 0.1) is 45.8 Å². The monoisotopic (exact) mass is 376 g/mol. The molecular formula is C22H24N4O2. The number of methoxy groups -OCH3 is 1. The maximum absolute atomic E-state index is 13.2. The van der Waals surface area contributed by atoms with Crippen LogP contribution in [0.25, 0.3) is 0 Å². The van der Waals surface area contributed by atoms with Gasteiger partial charge < -0.3 is 15.4 Å². The van der Waals surface area contributed by atoms with Gasteiger partial charge in [0.2, 0.25) is 5.91 Å². The summed E-state index contributed by atoms with van der Waals surface area (Å²) in [6.45, 7) is 0. The van der Waals surface area contributed by atoms with Gasteiger partial charge >= 0.3 is 0 Å². The highest BCUT2D eigenvalue weighted by Gasteiger charge is 2.54. The molecule has 28 heavy (non-hydrogen) atoms. The summed E-state index contributed by atoms with van der Waals surface area (Å²) in [5.41, 5.74) is 1.10. The van der Waals surface area contributed by atoms with Gasteiger partial charge in [0.25, 0.3) is 0 Å². The van der Waals surface area contributed by atoms with Gasteiger partial charge in [0.05, 0.1) is 18.2 Å². The fourth-order valence-electron chi connectivity index (χ4n) is 5.77. The predicted octanol–water partition coefficient (Wildman–Crippen LogP) is 4.19. The minimum atomic E-state index is -0.214. The van der Waals surface area contributed by atoms with Crippen LogP contribution < -0.4 is 15.4 Å². The number of nitrogens with one attached hydrogen (secondary N) is 2. The number of anilines is 2. The molecule has 4 aliphatic rings. The Bertz CT molecular complexity index is 855. The Morgan fingerprint density at radius 3 is 2.29 bits per heavy atom. The van der Waals surface area contributed by atoms with Crippen LogP contribution in [0.1, 0.15) is 38.5 Å². The van der Waals surface area contributed by atoms with E-state index >= 15 is 0 Å². The summed E-state index contributed by atoms with van der Waals surface area (Å²) in [5.74, 6) is 2.82. The first kappa shape index (κ1) is 18.4. The van der Waals surface area contributed by atoms with E-state index in [0.29, 0.717) is 34.9 Å². The van der Waals surface area contributed by atoms with Crippen molar-refractivity contribution in [3.8, 4) is 17.9 Å². The second kappa shape index (κ2) is 7.20. The zero-order valence-electron chi connectivity index (χ0n) is 16.0. The second-order valence-electron chi connectivity index (χ2n) is 8.49. The fourth-order valence-corrected chi connectivity index (χ4v) is 5.77. The van der Waals surface area contributed by atoms with E-state index in [2.05, 4.69) is 10.6 Å². The SMILES string of the molecule is COc1cc(NC=C(C#N)C#N)ccc1NC(=O)C12CC3CC(CC(C3)C1)C2. The third-order valence-electron chi connectivity index (χ3n) is 6.59. The van der Waals surface area contributed by atoms with E-state index in [-0.39, 0.29) is 16.9 Å². The molecule has 0 unspecified atom stereocenters. The zero-order chi connectivity index (χ0) is 19.7. The van der Waals surface area contributed by atoms with Crippen LogP contribution in [0.2, 0.25) is 0 Å². The van der Waals surface area contributed by atoms with Gasteiger partial charge in [-0.2, -0.15) is 10.5 Å². The minimum Gasteiger partial charge on any atom is -0.494 e. The van der Waals surface area contributed by atoms with Crippen molar-refractivity contribution in [1.82, 2.24) is 0 Å². The van der Waals surface area contributed by atoms with E-state index in [0.717, 1.165) is 19.3 Å². The lowest BCUT2D eigenvalue weighted by atomic mass is 9.49. The van der Waals surface area contributed by atoms with Gasteiger partial charge in [-0.1, -0.05) is 0 Å². The molecule has 0 atom stereocenters. The van der Waals surface area contributed by atoms with E-state index in [1.165, 1.54) is 25.5 Å². The molecule has 0 heterocycles. The Labute approximate surface area is 165 Å². The molecule has 0 aliphatic heterocycles. The molecule has 1 amide bonds. The molecule has 0 aromatic heterocycles. The summed E-state index contributed by atoms with van der Waals surface area (Å²) in [5, 5.41) is 23.7. The summed E-state index contributed by atoms with van der Waals surface area (Å²) in [4.78, 5) is 13.2. The lowest BCUT2D eigenvalue weighted by Crippen LogP contribution is -2.51. The number of benzene rings is 1. The summed E-state index contributed by atoms with van der Waals surface area (Å²) in [7, 11) is 1.56. The van der Waals surface area contributed by atoms with Crippen LogP contribution >= 0.6 is 0 Å². The van der Waals surface area contributed by atoms with E-state index < -0.39 is 0 Å². The Balaban J connectivity index is 1.50. The largest absolute Gasteiger partial charge is 0.494 e. The lowest BCUT2D eigenvalue weighted by Gasteiger charge is -2.55. The summed E-state index contributed by atoms with van der Waals surface area (Å²) < 4.78 is 5.46. The summed E-state index contributed by atoms with van der Waals surface area (Å²) >= 11 is 0. The van der Waals surface area contributed by atoms with Crippen LogP contribution in [0.3, 0.4) is 0 Å². The maximum Gasteiger partial charge on any atom is 0.230 e. The van der Waals surface area contributed by atoms with E-state index in [4.69, 9.17) is 15.3 Å². The maximum atomic E-state index is 13.2. The predicted molar refractivity (Wildman–Crippen MR) is 105 cm³/mol. The number of hydrogen-bond donors (Lipinski definition) is 2. The normalized spacial score (nSPS) is 29.3. The number of carbonyl (C=O) groups is 1. The van der Waals surface area contributed by atoms with E-state index in [1.54, 1.807) is 37.4 Å². The van der Waals surface area contributed by atoms with Gasteiger partial charge in [0.15, 0.2) is 0 Å². The molecule has 2 N–H and O–H groups in total. The Kier molecular flexibility index (Phi) is 4.73. The van der Waals surface area contributed by atoms with Gasteiger partial charge in [-0.05, 0) is 68.4 Å². The van der Waals surface area contributed by atoms with Gasteiger partial charge in [-0.15, -0.1) is 0 Å². The van der Waals surface area contributed by atoms with Crippen molar-refractivity contribution in [2.45, 2.75) is 38.5 Å². The quantitative estimate of drug-likeness (QED) is 0.751. The molecule has 4 bridgehead atoms. The van der Waals surface area contributed by atoms with Gasteiger partial charge in [-0.3, -0.25) is 4.79 Å². The Hall–Kier alpha value is -2.99. The minimum absolute atomic E-state index is 0.0156. The molecule has 4 saturated carbocycles. The molecule has 6 nitrogen and oxygen atoms in total. The number of carbonyl (C=O) groups excluding carboxylic acids is 1. The zero-order valence-corrected chi connectivity index (χ0v) is 16.0. The van der Waals surface area contributed by atoms with Crippen molar-refractivity contribution in [3.63, 3.8) is 0 Å². The number of nitriles is 2. The molecule has 0 spiro atoms. The number of rotatable bonds is 5. The number of nitrogens with zero attached hydrogens (tertiary/aromatic N) is 2. The van der Waals surface area contributed by atoms with Crippen LogP contribution in [0.15, 0.2) is 30.0 Å². The molecule has 4 fully saturated rings. The fraction of sp³-hybridized carbons (Fsp3) is 0.500. The standard InChI is InChI=1S/C22H24N4O2/c1-28-20-7-18(25-13-17(11-23)12-24)2-3-19(20)26-21(27)22-8-14-4-15(9-22)6-16(5-14)10-22/h2-3,7,13-16,25H,4-6,8-10H2,1H3,(H,26,27). The first-order valence-corrected chi connectivity index (χ1v) is 9.81. The average Bonchev–Trinajstić information content (AvgIpc) is 2.68. The first-order valence-electron chi connectivity index (χ1n) is 9.81. The van der Waals surface area contributed by atoms with E-state index in [1.807, 2.05) is 0 Å². The molecule has 5 rings (SSSR count). The van der Waals surface area contributed by atoms with Crippen LogP contribution in [0.4, 0.5) is 11.4 Å². The Morgan fingerprint density at radius 1 is 1.14 bits per heavy atom. The van der Waals surface area contributed by atoms with Gasteiger partial charge in [0, 0.05) is 18.0 Å². The molecule has 4 aliphatic carbocycles. The number of amides is 1. The first-order chi connectivity index (χ1) is 13.5. The summed E-state index contributed by atoms with van der Waals surface area (Å²) in [6.07, 6.45) is 8.31. The average molecular weight is 376 g/mol. The second-order valence-corrected chi connectivity index (χ2v) is 8.49. The van der Waals surface area contributed by atoms with Crippen LogP contribution in [0.5, 0.6) is 5.75 Å². The van der Waals surface area contributed by atoms with Gasteiger partial charge in [-0.25, -0.2) is 0 Å². The van der Waals surface area contributed by atoms with Crippen molar-refractivity contribution < 1.29 is 9.53 Å². The smallest absolute Gasteiger partial charge is 0.230 e. The van der Waals surface area contributed by atoms with Crippen molar-refractivity contribution in [1.29, 1.82) is 10.5 Å². The van der Waals surface area contributed by atoms with Gasteiger partial charge in [0.1, 0.15) is 23.5 Å². The molecule has 0 saturated heterocycles. The third-order valence-corrected chi connectivity index (χ3v) is 6.59. The molecular weight excluding hydrogens is 352 g/mol. The van der Waals surface area contributed by atoms with Crippen molar-refractivity contribution >= 4 is 17.3 Å². The molecule has 6 heteroatoms. The third kappa shape index (κ3) is 3.31. The van der Waals surface area contributed by atoms with Crippen molar-refractivity contribution in [3.05, 3.63) is 30.0 Å². The van der Waals surface area contributed by atoms with Crippen LogP contribution in [-0.4, -0.2) is 13.0 Å². The van der Waals surface area contributed by atoms with Crippen molar-refractivity contribution in [2.24, 2.45) is 23.2 Å². The molecule has 1 aromatic rings. The lowest BCUT2D eigenvalue weighted by molar-refractivity contribution is -0.140. The van der Waals surface area contributed by atoms with Crippen LogP contribution in [-0.2, 0) is 4.79 Å². The van der Waals surface area contributed by atoms with E-state index in [9.17, 15) is 4.79 Å². The molecule has 0 radical (unpaired) electrons. The Morgan fingerprint density at radius 2 is 1.75 bits per heavy atom. The highest BCUT2D eigenvalue weighted by atomic mass is 16.5. The molecule has 144 valence electrons. The molecule has 1 aromatic carbocycles. The number of allylic oxidation sites excluding steroid dienone is 1. The number of ether oxygens (including phenoxy) is 1. The highest BCUT2D eigenvalue weighted by Crippen LogP contribution is 2.60. The highest BCUT2D eigenvalue weighted by molar-refractivity contribution is 5.97.